The summed E-state index contributed by atoms with van der Waals surface area (Å²) in [6.07, 6.45) is -0.230. The monoisotopic (exact) mass is 554 g/mol. The van der Waals surface area contributed by atoms with Crippen molar-refractivity contribution in [3.8, 4) is 11.8 Å². The highest BCUT2D eigenvalue weighted by Gasteiger charge is 2.30. The van der Waals surface area contributed by atoms with Crippen molar-refractivity contribution in [3.05, 3.63) is 76.3 Å². The van der Waals surface area contributed by atoms with E-state index < -0.39 is 29.2 Å². The highest BCUT2D eigenvalue weighted by molar-refractivity contribution is 7.76. The summed E-state index contributed by atoms with van der Waals surface area (Å²) >= 11 is 4.29. The van der Waals surface area contributed by atoms with Gasteiger partial charge in [-0.25, -0.2) is 9.22 Å². The lowest BCUT2D eigenvalue weighted by Crippen LogP contribution is -2.57. The molecule has 1 aliphatic heterocycles. The maximum atomic E-state index is 11.9. The van der Waals surface area contributed by atoms with Crippen molar-refractivity contribution >= 4 is 51.2 Å². The lowest BCUT2D eigenvalue weighted by atomic mass is 10.0. The van der Waals surface area contributed by atoms with Gasteiger partial charge in [-0.05, 0) is 48.7 Å². The largest absolute Gasteiger partial charge is 0.481 e. The molecular formula is C27H27ClN4O5S. The Bertz CT molecular complexity index is 1450. The summed E-state index contributed by atoms with van der Waals surface area (Å²) in [5, 5.41) is 12.6. The molecule has 3 aromatic carbocycles. The molecule has 0 saturated carbocycles. The Morgan fingerprint density at radius 3 is 2.37 bits per heavy atom. The average Bonchev–Trinajstić information content (AvgIpc) is 2.88. The van der Waals surface area contributed by atoms with E-state index in [1.54, 1.807) is 24.1 Å². The Labute approximate surface area is 228 Å². The summed E-state index contributed by atoms with van der Waals surface area (Å²) in [5.74, 6) is 4.63. The highest BCUT2D eigenvalue weighted by Crippen LogP contribution is 2.30. The van der Waals surface area contributed by atoms with Crippen LogP contribution in [0.25, 0.3) is 10.8 Å². The Hall–Kier alpha value is -3.46. The fourth-order valence-corrected chi connectivity index (χ4v) is 5.61. The third-order valence-electron chi connectivity index (χ3n) is 6.36. The SMILES string of the molecule is CC(CC(=O)O)N(N1CCN(c2ccc(C#Cc3ccc4cccc(C(N)=O)c4c3Cl)cc2)CC1)S(=O)O. The van der Waals surface area contributed by atoms with Crippen LogP contribution in [-0.4, -0.2) is 67.4 Å². The molecule has 2 atom stereocenters. The molecule has 1 saturated heterocycles. The minimum atomic E-state index is -2.31. The van der Waals surface area contributed by atoms with E-state index in [9.17, 15) is 18.4 Å². The van der Waals surface area contributed by atoms with Gasteiger partial charge < -0.3 is 15.7 Å². The molecule has 0 spiro atoms. The van der Waals surface area contributed by atoms with Crippen LogP contribution in [0.15, 0.2) is 54.6 Å². The Balaban J connectivity index is 1.45. The van der Waals surface area contributed by atoms with Gasteiger partial charge in [0.1, 0.15) is 0 Å². The van der Waals surface area contributed by atoms with Crippen molar-refractivity contribution < 1.29 is 23.5 Å². The van der Waals surface area contributed by atoms with Gasteiger partial charge in [-0.15, -0.1) is 4.41 Å². The van der Waals surface area contributed by atoms with Crippen molar-refractivity contribution in [2.45, 2.75) is 19.4 Å². The standard InChI is InChI=1S/C27H27ClN4O5S/c1-18(17-24(33)34)32(38(36)37)31-15-13-30(14-16-31)22-11-6-19(7-12-22)5-8-21-10-9-20-3-2-4-23(27(29)35)25(20)26(21)28/h2-4,6-7,9-12,18H,13-17H2,1H3,(H2,29,35)(H,33,34)(H,36,37). The van der Waals surface area contributed by atoms with Crippen LogP contribution in [0.3, 0.4) is 0 Å². The zero-order chi connectivity index (χ0) is 27.4. The molecule has 1 fully saturated rings. The Kier molecular flexibility index (Phi) is 8.66. The summed E-state index contributed by atoms with van der Waals surface area (Å²) in [7, 11) is 0. The molecule has 4 N–H and O–H groups in total. The molecule has 0 bridgehead atoms. The van der Waals surface area contributed by atoms with Crippen molar-refractivity contribution in [2.75, 3.05) is 31.1 Å². The number of nitrogens with two attached hydrogens (primary N) is 1. The minimum absolute atomic E-state index is 0.230. The number of carbonyl (C=O) groups excluding carboxylic acids is 1. The quantitative estimate of drug-likeness (QED) is 0.302. The van der Waals surface area contributed by atoms with Gasteiger partial charge in [-0.1, -0.05) is 41.6 Å². The highest BCUT2D eigenvalue weighted by atomic mass is 35.5. The van der Waals surface area contributed by atoms with E-state index in [2.05, 4.69) is 16.7 Å². The number of aliphatic carboxylic acids is 1. The first-order valence-corrected chi connectivity index (χ1v) is 13.3. The second kappa shape index (κ2) is 11.9. The van der Waals surface area contributed by atoms with Crippen molar-refractivity contribution in [2.24, 2.45) is 5.73 Å². The van der Waals surface area contributed by atoms with Crippen molar-refractivity contribution in [1.29, 1.82) is 0 Å². The van der Waals surface area contributed by atoms with Crippen LogP contribution in [0.2, 0.25) is 5.02 Å². The first kappa shape index (κ1) is 27.6. The van der Waals surface area contributed by atoms with Gasteiger partial charge in [0, 0.05) is 60.0 Å². The van der Waals surface area contributed by atoms with Crippen molar-refractivity contribution in [3.63, 3.8) is 0 Å². The fraction of sp³-hybridized carbons (Fsp3) is 0.259. The number of anilines is 1. The number of fused-ring (bicyclic) bond motifs is 1. The number of carboxylic acids is 1. The van der Waals surface area contributed by atoms with E-state index in [0.29, 0.717) is 47.7 Å². The van der Waals surface area contributed by atoms with Crippen LogP contribution in [0.1, 0.15) is 34.8 Å². The molecule has 1 amide bonds. The molecule has 1 aliphatic rings. The molecule has 0 radical (unpaired) electrons. The topological polar surface area (TPSA) is 127 Å². The van der Waals surface area contributed by atoms with Crippen LogP contribution in [-0.2, 0) is 16.1 Å². The molecule has 9 nitrogen and oxygen atoms in total. The Morgan fingerprint density at radius 1 is 1.08 bits per heavy atom. The molecule has 3 aromatic rings. The first-order chi connectivity index (χ1) is 18.2. The number of piperazine rings is 1. The zero-order valence-electron chi connectivity index (χ0n) is 20.6. The first-order valence-electron chi connectivity index (χ1n) is 11.9. The van der Waals surface area contributed by atoms with E-state index in [-0.39, 0.29) is 6.42 Å². The molecule has 0 aromatic heterocycles. The van der Waals surface area contributed by atoms with Crippen LogP contribution in [0, 0.1) is 11.8 Å². The van der Waals surface area contributed by atoms with Gasteiger partial charge in [-0.2, -0.15) is 0 Å². The minimum Gasteiger partial charge on any atom is -0.481 e. The normalized spacial score (nSPS) is 15.6. The second-order valence-corrected chi connectivity index (χ2v) is 10.1. The number of benzene rings is 3. The predicted molar refractivity (Wildman–Crippen MR) is 148 cm³/mol. The number of carboxylic acid groups (broad SMARTS) is 1. The summed E-state index contributed by atoms with van der Waals surface area (Å²) in [6, 6.07) is 16.1. The van der Waals surface area contributed by atoms with E-state index in [1.165, 1.54) is 4.41 Å². The van der Waals surface area contributed by atoms with Crippen LogP contribution in [0.5, 0.6) is 0 Å². The number of halogens is 1. The van der Waals surface area contributed by atoms with E-state index >= 15 is 0 Å². The number of carbonyl (C=O) groups is 2. The second-order valence-electron chi connectivity index (χ2n) is 8.91. The lowest BCUT2D eigenvalue weighted by Gasteiger charge is -2.41. The maximum absolute atomic E-state index is 11.9. The van der Waals surface area contributed by atoms with E-state index in [1.807, 2.05) is 42.5 Å². The molecule has 0 aliphatic carbocycles. The predicted octanol–water partition coefficient (Wildman–Crippen LogP) is 3.33. The molecule has 2 unspecified atom stereocenters. The van der Waals surface area contributed by atoms with Gasteiger partial charge in [0.05, 0.1) is 11.4 Å². The van der Waals surface area contributed by atoms with Gasteiger partial charge in [-0.3, -0.25) is 14.1 Å². The number of primary amides is 1. The van der Waals surface area contributed by atoms with Gasteiger partial charge in [0.15, 0.2) is 0 Å². The van der Waals surface area contributed by atoms with Crippen LogP contribution in [0.4, 0.5) is 5.69 Å². The zero-order valence-corrected chi connectivity index (χ0v) is 22.2. The summed E-state index contributed by atoms with van der Waals surface area (Å²) < 4.78 is 22.8. The third kappa shape index (κ3) is 6.15. The van der Waals surface area contributed by atoms with Crippen LogP contribution >= 0.6 is 11.6 Å². The molecule has 38 heavy (non-hydrogen) atoms. The Morgan fingerprint density at radius 2 is 1.76 bits per heavy atom. The third-order valence-corrected chi connectivity index (χ3v) is 7.67. The average molecular weight is 555 g/mol. The van der Waals surface area contributed by atoms with E-state index in [0.717, 1.165) is 16.6 Å². The number of hydrazine groups is 1. The molecular weight excluding hydrogens is 528 g/mol. The molecule has 198 valence electrons. The number of amides is 1. The van der Waals surface area contributed by atoms with Crippen molar-refractivity contribution in [1.82, 2.24) is 9.42 Å². The smallest absolute Gasteiger partial charge is 0.305 e. The lowest BCUT2D eigenvalue weighted by molar-refractivity contribution is -0.139. The summed E-state index contributed by atoms with van der Waals surface area (Å²) in [5.41, 5.74) is 8.24. The molecule has 1 heterocycles. The van der Waals surface area contributed by atoms with Gasteiger partial charge >= 0.3 is 5.97 Å². The number of hydrogen-bond donors (Lipinski definition) is 3. The molecule has 11 heteroatoms. The molecule has 4 rings (SSSR count). The van der Waals surface area contributed by atoms with Gasteiger partial charge in [0.25, 0.3) is 0 Å². The van der Waals surface area contributed by atoms with E-state index in [4.69, 9.17) is 22.4 Å². The summed E-state index contributed by atoms with van der Waals surface area (Å²) in [6.45, 7) is 3.79. The van der Waals surface area contributed by atoms with Crippen LogP contribution < -0.4 is 10.6 Å². The number of hydrogen-bond acceptors (Lipinski definition) is 5. The summed E-state index contributed by atoms with van der Waals surface area (Å²) in [4.78, 5) is 25.0. The maximum Gasteiger partial charge on any atom is 0.305 e. The number of rotatable bonds is 7. The number of nitrogens with zero attached hydrogens (tertiary/aromatic N) is 3. The van der Waals surface area contributed by atoms with Gasteiger partial charge in [0.2, 0.25) is 17.2 Å². The fourth-order valence-electron chi connectivity index (χ4n) is 4.55.